The SMILES string of the molecule is Cc1oc(-c2ccco2)nc1COc1ccc(C=O)cn1. The molecule has 0 fully saturated rings. The fraction of sp³-hybridized carbons (Fsp3) is 0.133. The van der Waals surface area contributed by atoms with Crippen LogP contribution in [-0.4, -0.2) is 16.3 Å². The van der Waals surface area contributed by atoms with Crippen LogP contribution in [0.2, 0.25) is 0 Å². The number of aryl methyl sites for hydroxylation is 1. The Kier molecular flexibility index (Phi) is 3.51. The summed E-state index contributed by atoms with van der Waals surface area (Å²) in [4.78, 5) is 18.9. The lowest BCUT2D eigenvalue weighted by molar-refractivity contribution is 0.112. The summed E-state index contributed by atoms with van der Waals surface area (Å²) >= 11 is 0. The van der Waals surface area contributed by atoms with Gasteiger partial charge in [0.15, 0.2) is 12.0 Å². The van der Waals surface area contributed by atoms with Crippen LogP contribution in [0.1, 0.15) is 21.8 Å². The van der Waals surface area contributed by atoms with Gasteiger partial charge in [0.25, 0.3) is 5.89 Å². The Morgan fingerprint density at radius 3 is 2.90 bits per heavy atom. The first-order valence-corrected chi connectivity index (χ1v) is 6.30. The number of carbonyl (C=O) groups is 1. The van der Waals surface area contributed by atoms with E-state index in [-0.39, 0.29) is 6.61 Å². The molecule has 3 heterocycles. The zero-order chi connectivity index (χ0) is 14.7. The molecule has 0 saturated carbocycles. The summed E-state index contributed by atoms with van der Waals surface area (Å²) < 4.78 is 16.3. The highest BCUT2D eigenvalue weighted by Gasteiger charge is 2.14. The Labute approximate surface area is 120 Å². The molecule has 0 aliphatic carbocycles. The second-order valence-electron chi connectivity index (χ2n) is 4.34. The van der Waals surface area contributed by atoms with Crippen molar-refractivity contribution in [2.75, 3.05) is 0 Å². The average Bonchev–Trinajstić information content (AvgIpc) is 3.15. The van der Waals surface area contributed by atoms with Crippen LogP contribution < -0.4 is 4.74 Å². The summed E-state index contributed by atoms with van der Waals surface area (Å²) in [5.41, 5.74) is 1.17. The number of aromatic nitrogens is 2. The largest absolute Gasteiger partial charge is 0.471 e. The third kappa shape index (κ3) is 2.84. The number of rotatable bonds is 5. The third-order valence-electron chi connectivity index (χ3n) is 2.88. The molecular weight excluding hydrogens is 272 g/mol. The van der Waals surface area contributed by atoms with Crippen molar-refractivity contribution in [3.05, 3.63) is 53.7 Å². The fourth-order valence-corrected chi connectivity index (χ4v) is 1.76. The minimum atomic E-state index is 0.226. The van der Waals surface area contributed by atoms with Crippen molar-refractivity contribution in [2.45, 2.75) is 13.5 Å². The zero-order valence-corrected chi connectivity index (χ0v) is 11.3. The molecule has 0 aliphatic heterocycles. The van der Waals surface area contributed by atoms with Gasteiger partial charge in [0, 0.05) is 17.8 Å². The number of aldehydes is 1. The number of nitrogens with zero attached hydrogens (tertiary/aromatic N) is 2. The van der Waals surface area contributed by atoms with Gasteiger partial charge in [0.05, 0.1) is 6.26 Å². The maximum atomic E-state index is 10.5. The van der Waals surface area contributed by atoms with Gasteiger partial charge in [-0.1, -0.05) is 0 Å². The molecule has 3 rings (SSSR count). The molecule has 6 heteroatoms. The normalized spacial score (nSPS) is 10.5. The molecular formula is C15H12N2O4. The number of oxazole rings is 1. The summed E-state index contributed by atoms with van der Waals surface area (Å²) in [5, 5.41) is 0. The molecule has 3 aromatic rings. The Balaban J connectivity index is 1.71. The number of carbonyl (C=O) groups excluding carboxylic acids is 1. The number of hydrogen-bond donors (Lipinski definition) is 0. The molecule has 0 saturated heterocycles. The predicted molar refractivity (Wildman–Crippen MR) is 72.9 cm³/mol. The van der Waals surface area contributed by atoms with Gasteiger partial charge in [0.1, 0.15) is 18.1 Å². The van der Waals surface area contributed by atoms with E-state index < -0.39 is 0 Å². The van der Waals surface area contributed by atoms with Crippen LogP contribution in [0, 0.1) is 6.92 Å². The quantitative estimate of drug-likeness (QED) is 0.670. The Morgan fingerprint density at radius 1 is 1.33 bits per heavy atom. The van der Waals surface area contributed by atoms with Crippen molar-refractivity contribution in [1.82, 2.24) is 9.97 Å². The van der Waals surface area contributed by atoms with E-state index in [1.807, 2.05) is 0 Å². The van der Waals surface area contributed by atoms with Gasteiger partial charge in [-0.15, -0.1) is 0 Å². The summed E-state index contributed by atoms with van der Waals surface area (Å²) in [6, 6.07) is 6.81. The van der Waals surface area contributed by atoms with Gasteiger partial charge in [-0.05, 0) is 25.1 Å². The lowest BCUT2D eigenvalue weighted by atomic mass is 10.3. The van der Waals surface area contributed by atoms with Crippen LogP contribution >= 0.6 is 0 Å². The van der Waals surface area contributed by atoms with Crippen LogP contribution in [0.3, 0.4) is 0 Å². The molecule has 0 aromatic carbocycles. The first kappa shape index (κ1) is 13.1. The van der Waals surface area contributed by atoms with Crippen LogP contribution in [0.15, 0.2) is 45.6 Å². The van der Waals surface area contributed by atoms with Crippen molar-refractivity contribution in [3.8, 4) is 17.5 Å². The van der Waals surface area contributed by atoms with Gasteiger partial charge >= 0.3 is 0 Å². The second kappa shape index (κ2) is 5.62. The zero-order valence-electron chi connectivity index (χ0n) is 11.3. The second-order valence-corrected chi connectivity index (χ2v) is 4.34. The molecule has 0 unspecified atom stereocenters. The molecule has 0 atom stereocenters. The molecule has 0 bridgehead atoms. The molecule has 106 valence electrons. The third-order valence-corrected chi connectivity index (χ3v) is 2.88. The number of furan rings is 1. The first-order chi connectivity index (χ1) is 10.3. The maximum Gasteiger partial charge on any atom is 0.263 e. The van der Waals surface area contributed by atoms with Crippen molar-refractivity contribution in [1.29, 1.82) is 0 Å². The predicted octanol–water partition coefficient (Wildman–Crippen LogP) is 3.03. The van der Waals surface area contributed by atoms with E-state index >= 15 is 0 Å². The highest BCUT2D eigenvalue weighted by molar-refractivity contribution is 5.73. The smallest absolute Gasteiger partial charge is 0.263 e. The molecule has 6 nitrogen and oxygen atoms in total. The minimum Gasteiger partial charge on any atom is -0.471 e. The molecule has 0 amide bonds. The van der Waals surface area contributed by atoms with Crippen LogP contribution in [-0.2, 0) is 6.61 Å². The maximum absolute atomic E-state index is 10.5. The van der Waals surface area contributed by atoms with Gasteiger partial charge in [-0.25, -0.2) is 9.97 Å². The summed E-state index contributed by atoms with van der Waals surface area (Å²) in [7, 11) is 0. The summed E-state index contributed by atoms with van der Waals surface area (Å²) in [6.07, 6.45) is 3.74. The molecule has 0 aliphatic rings. The van der Waals surface area contributed by atoms with Crippen molar-refractivity contribution >= 4 is 6.29 Å². The lowest BCUT2D eigenvalue weighted by Gasteiger charge is -2.02. The van der Waals surface area contributed by atoms with E-state index in [2.05, 4.69) is 9.97 Å². The molecule has 21 heavy (non-hydrogen) atoms. The monoisotopic (exact) mass is 284 g/mol. The minimum absolute atomic E-state index is 0.226. The Bertz CT molecular complexity index is 730. The number of hydrogen-bond acceptors (Lipinski definition) is 6. The van der Waals surface area contributed by atoms with Gasteiger partial charge in [0.2, 0.25) is 5.88 Å². The van der Waals surface area contributed by atoms with E-state index in [1.165, 1.54) is 6.20 Å². The topological polar surface area (TPSA) is 78.4 Å². The Morgan fingerprint density at radius 2 is 2.24 bits per heavy atom. The standard InChI is InChI=1S/C15H12N2O4/c1-10-12(17-15(21-10)13-3-2-6-19-13)9-20-14-5-4-11(8-18)7-16-14/h2-8H,9H2,1H3. The summed E-state index contributed by atoms with van der Waals surface area (Å²) in [6.45, 7) is 2.03. The lowest BCUT2D eigenvalue weighted by Crippen LogP contribution is -1.99. The van der Waals surface area contributed by atoms with E-state index in [0.717, 1.165) is 6.29 Å². The molecule has 0 radical (unpaired) electrons. The van der Waals surface area contributed by atoms with E-state index in [0.29, 0.717) is 34.5 Å². The fourth-order valence-electron chi connectivity index (χ4n) is 1.76. The van der Waals surface area contributed by atoms with Gasteiger partial charge in [-0.2, -0.15) is 0 Å². The molecule has 3 aromatic heterocycles. The number of pyridine rings is 1. The Hall–Kier alpha value is -2.89. The van der Waals surface area contributed by atoms with Gasteiger partial charge in [-0.3, -0.25) is 4.79 Å². The van der Waals surface area contributed by atoms with Crippen molar-refractivity contribution in [3.63, 3.8) is 0 Å². The summed E-state index contributed by atoms with van der Waals surface area (Å²) in [5.74, 6) is 2.06. The number of ether oxygens (including phenoxy) is 1. The van der Waals surface area contributed by atoms with E-state index in [9.17, 15) is 4.79 Å². The highest BCUT2D eigenvalue weighted by Crippen LogP contribution is 2.22. The van der Waals surface area contributed by atoms with Crippen LogP contribution in [0.5, 0.6) is 5.88 Å². The van der Waals surface area contributed by atoms with Crippen molar-refractivity contribution in [2.24, 2.45) is 0 Å². The van der Waals surface area contributed by atoms with Crippen LogP contribution in [0.25, 0.3) is 11.7 Å². The van der Waals surface area contributed by atoms with E-state index in [4.69, 9.17) is 13.6 Å². The molecule has 0 spiro atoms. The average molecular weight is 284 g/mol. The van der Waals surface area contributed by atoms with Crippen molar-refractivity contribution < 1.29 is 18.4 Å². The van der Waals surface area contributed by atoms with E-state index in [1.54, 1.807) is 37.5 Å². The first-order valence-electron chi connectivity index (χ1n) is 6.30. The highest BCUT2D eigenvalue weighted by atomic mass is 16.5. The molecule has 0 N–H and O–H groups in total. The van der Waals surface area contributed by atoms with Gasteiger partial charge < -0.3 is 13.6 Å². The van der Waals surface area contributed by atoms with Crippen LogP contribution in [0.4, 0.5) is 0 Å².